The van der Waals surface area contributed by atoms with Crippen LogP contribution in [0.5, 0.6) is 0 Å². The van der Waals surface area contributed by atoms with E-state index in [0.717, 1.165) is 38.2 Å². The van der Waals surface area contributed by atoms with E-state index in [4.69, 9.17) is 4.74 Å². The van der Waals surface area contributed by atoms with Crippen LogP contribution in [-0.2, 0) is 10.9 Å². The molecule has 0 radical (unpaired) electrons. The van der Waals surface area contributed by atoms with Gasteiger partial charge in [-0.3, -0.25) is 9.69 Å². The molecule has 0 bridgehead atoms. The average molecular weight is 479 g/mol. The Morgan fingerprint density at radius 1 is 1.21 bits per heavy atom. The van der Waals surface area contributed by atoms with E-state index >= 15 is 0 Å². The van der Waals surface area contributed by atoms with E-state index in [1.807, 2.05) is 0 Å². The normalized spacial score (nSPS) is 16.1. The lowest BCUT2D eigenvalue weighted by molar-refractivity contribution is -0.137. The summed E-state index contributed by atoms with van der Waals surface area (Å²) in [5.74, 6) is -0.131. The first-order chi connectivity index (χ1) is 16.3. The lowest BCUT2D eigenvalue weighted by Gasteiger charge is -2.24. The molecule has 2 heterocycles. The Morgan fingerprint density at radius 2 is 2.00 bits per heavy atom. The van der Waals surface area contributed by atoms with Crippen LogP contribution in [0.15, 0.2) is 55.3 Å². The van der Waals surface area contributed by atoms with E-state index in [0.29, 0.717) is 31.2 Å². The summed E-state index contributed by atoms with van der Waals surface area (Å²) < 4.78 is 44.8. The van der Waals surface area contributed by atoms with Crippen LogP contribution in [0.25, 0.3) is 0 Å². The van der Waals surface area contributed by atoms with Gasteiger partial charge < -0.3 is 20.1 Å². The largest absolute Gasteiger partial charge is 0.417 e. The van der Waals surface area contributed by atoms with Gasteiger partial charge in [-0.25, -0.2) is 4.98 Å². The Labute approximate surface area is 196 Å². The number of aliphatic hydroxyl groups is 1. The molecule has 34 heavy (non-hydrogen) atoms. The molecular weight excluding hydrogens is 449 g/mol. The van der Waals surface area contributed by atoms with E-state index in [1.54, 1.807) is 18.2 Å². The maximum absolute atomic E-state index is 13.2. The Morgan fingerprint density at radius 3 is 2.71 bits per heavy atom. The van der Waals surface area contributed by atoms with Gasteiger partial charge in [0.1, 0.15) is 5.82 Å². The van der Waals surface area contributed by atoms with Crippen LogP contribution >= 0.6 is 0 Å². The lowest BCUT2D eigenvalue weighted by atomic mass is 10.1. The van der Waals surface area contributed by atoms with E-state index < -0.39 is 29.3 Å². The number of amides is 1. The van der Waals surface area contributed by atoms with Gasteiger partial charge in [-0.1, -0.05) is 18.2 Å². The van der Waals surface area contributed by atoms with Gasteiger partial charge in [-0.15, -0.1) is 6.58 Å². The third-order valence-corrected chi connectivity index (χ3v) is 5.41. The van der Waals surface area contributed by atoms with Crippen molar-refractivity contribution < 1.29 is 27.8 Å². The summed E-state index contributed by atoms with van der Waals surface area (Å²) in [6.07, 6.45) is -1.23. The van der Waals surface area contributed by atoms with Crippen molar-refractivity contribution in [1.82, 2.24) is 9.88 Å². The summed E-state index contributed by atoms with van der Waals surface area (Å²) in [7, 11) is 0. The summed E-state index contributed by atoms with van der Waals surface area (Å²) in [6.45, 7) is 7.82. The number of anilines is 2. The van der Waals surface area contributed by atoms with Gasteiger partial charge in [0.25, 0.3) is 5.91 Å². The fourth-order valence-electron chi connectivity index (χ4n) is 3.79. The van der Waals surface area contributed by atoms with Gasteiger partial charge in [0, 0.05) is 26.2 Å². The predicted molar refractivity (Wildman–Crippen MR) is 124 cm³/mol. The third-order valence-electron chi connectivity index (χ3n) is 5.41. The number of hydrogen-bond acceptors (Lipinski definition) is 6. The molecule has 0 saturated carbocycles. The first kappa shape index (κ1) is 25.7. The van der Waals surface area contributed by atoms with Crippen LogP contribution in [0.4, 0.5) is 24.7 Å². The fourth-order valence-corrected chi connectivity index (χ4v) is 3.79. The first-order valence-electron chi connectivity index (χ1n) is 11.1. The number of β-amino-alcohol motifs (C(OH)–C–C–N with tert-alkyl or cyclic N) is 1. The molecule has 10 heteroatoms. The van der Waals surface area contributed by atoms with Crippen LogP contribution in [0.1, 0.15) is 22.3 Å². The molecule has 0 aliphatic carbocycles. The number of halogens is 3. The summed E-state index contributed by atoms with van der Waals surface area (Å²) in [5.41, 5.74) is -1.11. The maximum Gasteiger partial charge on any atom is 0.417 e. The molecule has 1 atom stereocenters. The monoisotopic (exact) mass is 478 g/mol. The van der Waals surface area contributed by atoms with Gasteiger partial charge in [0.15, 0.2) is 0 Å². The van der Waals surface area contributed by atoms with Crippen molar-refractivity contribution in [1.29, 1.82) is 0 Å². The van der Waals surface area contributed by atoms with Gasteiger partial charge in [0.2, 0.25) is 0 Å². The van der Waals surface area contributed by atoms with Crippen molar-refractivity contribution in [3.05, 3.63) is 66.4 Å². The molecule has 1 amide bonds. The number of ether oxygens (including phenoxy) is 1. The van der Waals surface area contributed by atoms with Crippen molar-refractivity contribution in [3.63, 3.8) is 0 Å². The number of carbonyl (C=O) groups excluding carboxylic acids is 1. The van der Waals surface area contributed by atoms with E-state index in [-0.39, 0.29) is 6.61 Å². The quantitative estimate of drug-likeness (QED) is 0.425. The molecule has 2 aromatic rings. The summed E-state index contributed by atoms with van der Waals surface area (Å²) >= 11 is 0. The van der Waals surface area contributed by atoms with Crippen molar-refractivity contribution in [2.24, 2.45) is 0 Å². The number of benzene rings is 1. The van der Waals surface area contributed by atoms with Gasteiger partial charge >= 0.3 is 6.18 Å². The topological polar surface area (TPSA) is 77.9 Å². The number of carbonyl (C=O) groups is 1. The first-order valence-corrected chi connectivity index (χ1v) is 11.1. The highest BCUT2D eigenvalue weighted by Gasteiger charge is 2.34. The number of aliphatic hydroxyl groups excluding tert-OH is 1. The average Bonchev–Trinajstić information content (AvgIpc) is 3.05. The molecule has 1 saturated heterocycles. The van der Waals surface area contributed by atoms with E-state index in [2.05, 4.69) is 26.7 Å². The SMILES string of the molecule is C=CCOCC(O)CN1CCCN(c2ccc(NC(=O)c3ccccc3C(F)(F)F)cn2)CC1. The number of rotatable bonds is 9. The van der Waals surface area contributed by atoms with Gasteiger partial charge in [-0.2, -0.15) is 13.2 Å². The molecule has 1 aromatic heterocycles. The molecule has 184 valence electrons. The van der Waals surface area contributed by atoms with Gasteiger partial charge in [0.05, 0.1) is 42.3 Å². The smallest absolute Gasteiger partial charge is 0.389 e. The van der Waals surface area contributed by atoms with Crippen LogP contribution in [0.2, 0.25) is 0 Å². The number of alkyl halides is 3. The second-order valence-electron chi connectivity index (χ2n) is 8.02. The Balaban J connectivity index is 1.56. The van der Waals surface area contributed by atoms with Crippen LogP contribution < -0.4 is 10.2 Å². The highest BCUT2D eigenvalue weighted by Crippen LogP contribution is 2.32. The zero-order chi connectivity index (χ0) is 24.6. The molecule has 1 aliphatic rings. The molecule has 1 fully saturated rings. The van der Waals surface area contributed by atoms with Crippen molar-refractivity contribution in [3.8, 4) is 0 Å². The number of aromatic nitrogens is 1. The minimum atomic E-state index is -4.62. The zero-order valence-corrected chi connectivity index (χ0v) is 18.8. The second-order valence-corrected chi connectivity index (χ2v) is 8.02. The minimum Gasteiger partial charge on any atom is -0.389 e. The standard InChI is InChI=1S/C24H29F3N4O3/c1-2-14-34-17-19(32)16-30-10-5-11-31(13-12-30)22-9-8-18(15-28-22)29-23(33)20-6-3-4-7-21(20)24(25,26)27/h2-4,6-9,15,19,32H,1,5,10-14,16-17H2,(H,29,33). The molecule has 2 N–H and O–H groups in total. The zero-order valence-electron chi connectivity index (χ0n) is 18.8. The van der Waals surface area contributed by atoms with Crippen molar-refractivity contribution in [2.75, 3.05) is 56.2 Å². The molecule has 3 rings (SSSR count). The Bertz CT molecular complexity index is 953. The van der Waals surface area contributed by atoms with Gasteiger partial charge in [-0.05, 0) is 37.2 Å². The highest BCUT2D eigenvalue weighted by molar-refractivity contribution is 6.05. The Kier molecular flexibility index (Phi) is 9.03. The van der Waals surface area contributed by atoms with Crippen molar-refractivity contribution in [2.45, 2.75) is 18.7 Å². The second kappa shape index (κ2) is 12.0. The number of nitrogens with zero attached hydrogens (tertiary/aromatic N) is 3. The molecular formula is C24H29F3N4O3. The molecule has 1 aromatic carbocycles. The maximum atomic E-state index is 13.2. The Hall–Kier alpha value is -2.95. The highest BCUT2D eigenvalue weighted by atomic mass is 19.4. The van der Waals surface area contributed by atoms with E-state index in [1.165, 1.54) is 18.3 Å². The minimum absolute atomic E-state index is 0.258. The molecule has 1 unspecified atom stereocenters. The summed E-state index contributed by atoms with van der Waals surface area (Å²) in [6, 6.07) is 8.02. The molecule has 0 spiro atoms. The molecule has 7 nitrogen and oxygen atoms in total. The molecule has 1 aliphatic heterocycles. The number of hydrogen-bond donors (Lipinski definition) is 2. The fraction of sp³-hybridized carbons (Fsp3) is 0.417. The third kappa shape index (κ3) is 7.28. The van der Waals surface area contributed by atoms with Crippen molar-refractivity contribution >= 4 is 17.4 Å². The van der Waals surface area contributed by atoms with Crippen LogP contribution in [-0.4, -0.2) is 72.9 Å². The van der Waals surface area contributed by atoms with E-state index in [9.17, 15) is 23.1 Å². The summed E-state index contributed by atoms with van der Waals surface area (Å²) in [5, 5.41) is 12.6. The van der Waals surface area contributed by atoms with Crippen LogP contribution in [0, 0.1) is 0 Å². The predicted octanol–water partition coefficient (Wildman–Crippen LogP) is 3.43. The lowest BCUT2D eigenvalue weighted by Crippen LogP contribution is -2.37. The van der Waals surface area contributed by atoms with Crippen LogP contribution in [0.3, 0.4) is 0 Å². The number of nitrogens with one attached hydrogen (secondary N) is 1. The summed E-state index contributed by atoms with van der Waals surface area (Å²) in [4.78, 5) is 21.1. The number of pyridine rings is 1.